The quantitative estimate of drug-likeness (QED) is 0.761. The Labute approximate surface area is 108 Å². The van der Waals surface area contributed by atoms with Crippen molar-refractivity contribution in [3.8, 4) is 0 Å². The number of rotatable bonds is 2. The van der Waals surface area contributed by atoms with Crippen molar-refractivity contribution in [1.82, 2.24) is 10.2 Å². The summed E-state index contributed by atoms with van der Waals surface area (Å²) in [6.07, 6.45) is 2.31. The summed E-state index contributed by atoms with van der Waals surface area (Å²) in [7, 11) is 0. The van der Waals surface area contributed by atoms with Crippen LogP contribution >= 0.6 is 0 Å². The second-order valence-corrected chi connectivity index (χ2v) is 5.58. The van der Waals surface area contributed by atoms with E-state index in [0.717, 1.165) is 19.4 Å². The van der Waals surface area contributed by atoms with Gasteiger partial charge in [0.05, 0.1) is 5.92 Å². The van der Waals surface area contributed by atoms with Crippen LogP contribution in [0.3, 0.4) is 0 Å². The normalized spacial score (nSPS) is 36.7. The van der Waals surface area contributed by atoms with Crippen molar-refractivity contribution in [1.29, 1.82) is 0 Å². The molecule has 18 heavy (non-hydrogen) atoms. The fraction of sp³-hybridized carbons (Fsp3) is 0.846. The maximum Gasteiger partial charge on any atom is 0.308 e. The lowest BCUT2D eigenvalue weighted by Crippen LogP contribution is -2.46. The Bertz CT molecular complexity index is 345. The third kappa shape index (κ3) is 2.51. The average Bonchev–Trinajstić information content (AvgIpc) is 2.70. The van der Waals surface area contributed by atoms with Crippen LogP contribution in [0, 0.1) is 11.8 Å². The van der Waals surface area contributed by atoms with Crippen molar-refractivity contribution in [2.45, 2.75) is 45.2 Å². The van der Waals surface area contributed by atoms with Crippen LogP contribution in [-0.2, 0) is 9.59 Å². The number of carboxylic acids is 1. The van der Waals surface area contributed by atoms with E-state index in [1.54, 1.807) is 4.90 Å². The van der Waals surface area contributed by atoms with Gasteiger partial charge in [0.15, 0.2) is 0 Å². The lowest BCUT2D eigenvalue weighted by molar-refractivity contribution is -0.143. The fourth-order valence-electron chi connectivity index (χ4n) is 3.17. The molecule has 2 aliphatic heterocycles. The minimum Gasteiger partial charge on any atom is -0.481 e. The summed E-state index contributed by atoms with van der Waals surface area (Å²) < 4.78 is 0. The molecule has 0 aromatic heterocycles. The first kappa shape index (κ1) is 13.3. The molecule has 2 heterocycles. The molecule has 0 bridgehead atoms. The number of nitrogens with zero attached hydrogens (tertiary/aromatic N) is 1. The van der Waals surface area contributed by atoms with Gasteiger partial charge in [-0.2, -0.15) is 0 Å². The molecule has 5 nitrogen and oxygen atoms in total. The van der Waals surface area contributed by atoms with E-state index in [0.29, 0.717) is 19.0 Å². The molecule has 0 aliphatic carbocycles. The van der Waals surface area contributed by atoms with Crippen LogP contribution in [0.4, 0.5) is 0 Å². The summed E-state index contributed by atoms with van der Waals surface area (Å²) in [5, 5.41) is 12.4. The zero-order valence-electron chi connectivity index (χ0n) is 11.1. The highest BCUT2D eigenvalue weighted by Gasteiger charge is 2.40. The second kappa shape index (κ2) is 5.26. The van der Waals surface area contributed by atoms with Crippen molar-refractivity contribution in [2.24, 2.45) is 11.8 Å². The predicted molar refractivity (Wildman–Crippen MR) is 67.1 cm³/mol. The smallest absolute Gasteiger partial charge is 0.308 e. The molecule has 2 rings (SSSR count). The first-order valence-electron chi connectivity index (χ1n) is 6.77. The number of amides is 1. The van der Waals surface area contributed by atoms with Gasteiger partial charge >= 0.3 is 5.97 Å². The van der Waals surface area contributed by atoms with Gasteiger partial charge in [-0.05, 0) is 39.7 Å². The van der Waals surface area contributed by atoms with E-state index in [-0.39, 0.29) is 17.9 Å². The van der Waals surface area contributed by atoms with Gasteiger partial charge in [-0.3, -0.25) is 9.59 Å². The number of likely N-dealkylation sites (tertiary alicyclic amines) is 1. The first-order valence-corrected chi connectivity index (χ1v) is 6.77. The lowest BCUT2D eigenvalue weighted by atomic mass is 9.91. The van der Waals surface area contributed by atoms with Crippen LogP contribution in [0.15, 0.2) is 0 Å². The summed E-state index contributed by atoms with van der Waals surface area (Å²) in [6, 6.07) is 0.209. The molecule has 0 radical (unpaired) electrons. The van der Waals surface area contributed by atoms with Crippen molar-refractivity contribution in [3.05, 3.63) is 0 Å². The topological polar surface area (TPSA) is 69.6 Å². The highest BCUT2D eigenvalue weighted by Crippen LogP contribution is 2.28. The van der Waals surface area contributed by atoms with E-state index in [1.165, 1.54) is 0 Å². The molecule has 4 atom stereocenters. The number of hydrogen-bond acceptors (Lipinski definition) is 3. The molecule has 5 heteroatoms. The average molecular weight is 254 g/mol. The maximum absolute atomic E-state index is 12.4. The Morgan fingerprint density at radius 3 is 2.56 bits per heavy atom. The molecule has 0 aromatic rings. The summed E-state index contributed by atoms with van der Waals surface area (Å²) >= 11 is 0. The summed E-state index contributed by atoms with van der Waals surface area (Å²) in [5.41, 5.74) is 0. The molecule has 0 saturated carbocycles. The largest absolute Gasteiger partial charge is 0.481 e. The number of hydrogen-bond donors (Lipinski definition) is 2. The lowest BCUT2D eigenvalue weighted by Gasteiger charge is -2.32. The molecule has 2 saturated heterocycles. The van der Waals surface area contributed by atoms with Crippen LogP contribution in [0.2, 0.25) is 0 Å². The number of carbonyl (C=O) groups excluding carboxylic acids is 1. The minimum absolute atomic E-state index is 0.0660. The van der Waals surface area contributed by atoms with Gasteiger partial charge in [0.25, 0.3) is 0 Å². The highest BCUT2D eigenvalue weighted by atomic mass is 16.4. The summed E-state index contributed by atoms with van der Waals surface area (Å²) in [5.74, 6) is -0.958. The van der Waals surface area contributed by atoms with Gasteiger partial charge in [0.1, 0.15) is 0 Å². The van der Waals surface area contributed by atoms with Crippen molar-refractivity contribution in [3.63, 3.8) is 0 Å². The Kier molecular flexibility index (Phi) is 3.90. The van der Waals surface area contributed by atoms with Gasteiger partial charge in [-0.15, -0.1) is 0 Å². The van der Waals surface area contributed by atoms with E-state index in [1.807, 2.05) is 6.92 Å². The molecular weight excluding hydrogens is 232 g/mol. The highest BCUT2D eigenvalue weighted by molar-refractivity contribution is 5.81. The van der Waals surface area contributed by atoms with Crippen LogP contribution < -0.4 is 5.32 Å². The monoisotopic (exact) mass is 254 g/mol. The molecule has 102 valence electrons. The van der Waals surface area contributed by atoms with Crippen molar-refractivity contribution < 1.29 is 14.7 Å². The molecule has 2 N–H and O–H groups in total. The number of aliphatic carboxylic acids is 1. The molecular formula is C13H22N2O3. The molecule has 2 fully saturated rings. The van der Waals surface area contributed by atoms with E-state index in [2.05, 4.69) is 12.2 Å². The van der Waals surface area contributed by atoms with E-state index in [4.69, 9.17) is 5.11 Å². The molecule has 4 unspecified atom stereocenters. The molecule has 0 aromatic carbocycles. The van der Waals surface area contributed by atoms with Crippen molar-refractivity contribution in [2.75, 3.05) is 13.1 Å². The Hall–Kier alpha value is -1.10. The van der Waals surface area contributed by atoms with Crippen LogP contribution in [0.25, 0.3) is 0 Å². The fourth-order valence-corrected chi connectivity index (χ4v) is 3.17. The zero-order chi connectivity index (χ0) is 13.3. The Morgan fingerprint density at radius 2 is 2.00 bits per heavy atom. The third-order valence-electron chi connectivity index (χ3n) is 4.33. The predicted octanol–water partition coefficient (Wildman–Crippen LogP) is 0.696. The molecule has 2 aliphatic rings. The number of carboxylic acid groups (broad SMARTS) is 1. The van der Waals surface area contributed by atoms with Crippen LogP contribution in [0.1, 0.15) is 33.1 Å². The number of carbonyl (C=O) groups is 2. The van der Waals surface area contributed by atoms with Gasteiger partial charge in [0.2, 0.25) is 5.91 Å². The first-order chi connectivity index (χ1) is 8.50. The number of nitrogens with one attached hydrogen (secondary N) is 1. The van der Waals surface area contributed by atoms with Gasteiger partial charge in [-0.1, -0.05) is 0 Å². The van der Waals surface area contributed by atoms with Crippen LogP contribution in [-0.4, -0.2) is 47.1 Å². The Morgan fingerprint density at radius 1 is 1.28 bits per heavy atom. The molecule has 1 amide bonds. The summed E-state index contributed by atoms with van der Waals surface area (Å²) in [6.45, 7) is 5.42. The van der Waals surface area contributed by atoms with E-state index >= 15 is 0 Å². The maximum atomic E-state index is 12.4. The standard InChI is InChI=1S/C13H22N2O3/c1-8-7-10(3-5-14-8)12(16)15-6-4-11(9(15)2)13(17)18/h8-11,14H,3-7H2,1-2H3,(H,17,18). The zero-order valence-corrected chi connectivity index (χ0v) is 11.1. The van der Waals surface area contributed by atoms with Crippen molar-refractivity contribution >= 4 is 11.9 Å². The van der Waals surface area contributed by atoms with Crippen LogP contribution in [0.5, 0.6) is 0 Å². The Balaban J connectivity index is 1.99. The van der Waals surface area contributed by atoms with Gasteiger partial charge in [0, 0.05) is 24.5 Å². The van der Waals surface area contributed by atoms with E-state index < -0.39 is 11.9 Å². The van der Waals surface area contributed by atoms with E-state index in [9.17, 15) is 9.59 Å². The molecule has 0 spiro atoms. The van der Waals surface area contributed by atoms with Gasteiger partial charge in [-0.25, -0.2) is 0 Å². The third-order valence-corrected chi connectivity index (χ3v) is 4.33. The second-order valence-electron chi connectivity index (χ2n) is 5.58. The summed E-state index contributed by atoms with van der Waals surface area (Å²) in [4.78, 5) is 25.3. The number of piperidine rings is 1. The minimum atomic E-state index is -0.781. The van der Waals surface area contributed by atoms with Gasteiger partial charge < -0.3 is 15.3 Å². The SMILES string of the molecule is CC1CC(C(=O)N2CCC(C(=O)O)C2C)CCN1.